The molecule has 7 nitrogen and oxygen atoms in total. The van der Waals surface area contributed by atoms with Crippen LogP contribution in [-0.4, -0.2) is 59.0 Å². The lowest BCUT2D eigenvalue weighted by Crippen LogP contribution is -2.37. The van der Waals surface area contributed by atoms with Gasteiger partial charge in [-0.15, -0.1) is 0 Å². The molecule has 17 heavy (non-hydrogen) atoms. The molecular formula is C8H14ClN3O4S. The summed E-state index contributed by atoms with van der Waals surface area (Å²) in [5.41, 5.74) is 0. The van der Waals surface area contributed by atoms with Gasteiger partial charge >= 0.3 is 0 Å². The van der Waals surface area contributed by atoms with E-state index >= 15 is 0 Å². The van der Waals surface area contributed by atoms with E-state index in [9.17, 15) is 8.42 Å². The molecular weight excluding hydrogens is 270 g/mol. The Morgan fingerprint density at radius 2 is 1.94 bits per heavy atom. The van der Waals surface area contributed by atoms with Gasteiger partial charge in [0.05, 0.1) is 24.4 Å². The molecule has 0 fully saturated rings. The molecule has 0 unspecified atom stereocenters. The van der Waals surface area contributed by atoms with Crippen molar-refractivity contribution >= 4 is 21.6 Å². The molecule has 0 aliphatic heterocycles. The number of aromatic nitrogens is 2. The lowest BCUT2D eigenvalue weighted by atomic mass is 10.6. The SMILES string of the molecule is Cn1ncc(Cl)c1S(=O)(=O)N(CCO)CCO. The third-order valence-corrected chi connectivity index (χ3v) is 4.53. The number of sulfonamides is 1. The Morgan fingerprint density at radius 1 is 1.41 bits per heavy atom. The largest absolute Gasteiger partial charge is 0.395 e. The standard InChI is InChI=1S/C8H14ClN3O4S/c1-11-8(7(9)6-10-11)17(15,16)12(2-4-13)3-5-14/h6,13-14H,2-5H2,1H3. The normalized spacial score (nSPS) is 12.3. The molecule has 0 spiro atoms. The number of nitrogens with zero attached hydrogens (tertiary/aromatic N) is 3. The maximum atomic E-state index is 12.2. The number of aliphatic hydroxyl groups is 2. The second-order valence-corrected chi connectivity index (χ2v) is 5.53. The summed E-state index contributed by atoms with van der Waals surface area (Å²) >= 11 is 5.76. The van der Waals surface area contributed by atoms with E-state index in [1.165, 1.54) is 13.2 Å². The molecule has 9 heteroatoms. The molecule has 1 rings (SSSR count). The van der Waals surface area contributed by atoms with Gasteiger partial charge in [0.2, 0.25) is 0 Å². The van der Waals surface area contributed by atoms with Crippen molar-refractivity contribution in [2.24, 2.45) is 7.05 Å². The van der Waals surface area contributed by atoms with Crippen molar-refractivity contribution in [1.82, 2.24) is 14.1 Å². The lowest BCUT2D eigenvalue weighted by molar-refractivity contribution is 0.217. The average molecular weight is 284 g/mol. The Labute approximate surface area is 104 Å². The highest BCUT2D eigenvalue weighted by molar-refractivity contribution is 7.89. The molecule has 1 heterocycles. The van der Waals surface area contributed by atoms with Crippen molar-refractivity contribution in [2.45, 2.75) is 5.03 Å². The Hall–Kier alpha value is -0.670. The van der Waals surface area contributed by atoms with Crippen molar-refractivity contribution in [3.8, 4) is 0 Å². The quantitative estimate of drug-likeness (QED) is 0.702. The van der Waals surface area contributed by atoms with Crippen molar-refractivity contribution < 1.29 is 18.6 Å². The molecule has 1 aromatic rings. The van der Waals surface area contributed by atoms with Gasteiger partial charge in [-0.3, -0.25) is 4.68 Å². The van der Waals surface area contributed by atoms with E-state index in [0.717, 1.165) is 8.99 Å². The van der Waals surface area contributed by atoms with E-state index < -0.39 is 10.0 Å². The predicted molar refractivity (Wildman–Crippen MR) is 61.1 cm³/mol. The number of hydrogen-bond acceptors (Lipinski definition) is 5. The Bertz CT molecular complexity index is 448. The van der Waals surface area contributed by atoms with Crippen LogP contribution in [-0.2, 0) is 17.1 Å². The molecule has 0 aliphatic carbocycles. The van der Waals surface area contributed by atoms with E-state index in [0.29, 0.717) is 0 Å². The van der Waals surface area contributed by atoms with Crippen molar-refractivity contribution in [3.05, 3.63) is 11.2 Å². The minimum Gasteiger partial charge on any atom is -0.395 e. The highest BCUT2D eigenvalue weighted by atomic mass is 35.5. The van der Waals surface area contributed by atoms with Gasteiger partial charge in [-0.05, 0) is 0 Å². The number of hydrogen-bond donors (Lipinski definition) is 2. The smallest absolute Gasteiger partial charge is 0.261 e. The molecule has 0 amide bonds. The minimum atomic E-state index is -3.86. The molecule has 0 aromatic carbocycles. The zero-order valence-corrected chi connectivity index (χ0v) is 10.8. The van der Waals surface area contributed by atoms with Crippen molar-refractivity contribution in [1.29, 1.82) is 0 Å². The van der Waals surface area contributed by atoms with Crippen LogP contribution in [0.5, 0.6) is 0 Å². The Balaban J connectivity index is 3.16. The first-order valence-electron chi connectivity index (χ1n) is 4.84. The lowest BCUT2D eigenvalue weighted by Gasteiger charge is -2.20. The number of rotatable bonds is 6. The van der Waals surface area contributed by atoms with Gasteiger partial charge in [-0.25, -0.2) is 8.42 Å². The van der Waals surface area contributed by atoms with Gasteiger partial charge < -0.3 is 10.2 Å². The van der Waals surface area contributed by atoms with Crippen LogP contribution < -0.4 is 0 Å². The van der Waals surface area contributed by atoms with E-state index in [4.69, 9.17) is 21.8 Å². The van der Waals surface area contributed by atoms with E-state index in [1.807, 2.05) is 0 Å². The van der Waals surface area contributed by atoms with Crippen LogP contribution in [0, 0.1) is 0 Å². The molecule has 0 saturated heterocycles. The van der Waals surface area contributed by atoms with Crippen LogP contribution in [0.15, 0.2) is 11.2 Å². The van der Waals surface area contributed by atoms with Gasteiger partial charge in [-0.1, -0.05) is 11.6 Å². The van der Waals surface area contributed by atoms with E-state index in [1.54, 1.807) is 0 Å². The molecule has 0 radical (unpaired) electrons. The molecule has 0 bridgehead atoms. The third kappa shape index (κ3) is 2.96. The summed E-state index contributed by atoms with van der Waals surface area (Å²) in [6.45, 7) is -0.891. The second kappa shape index (κ2) is 5.78. The fourth-order valence-corrected chi connectivity index (χ4v) is 3.41. The first-order valence-corrected chi connectivity index (χ1v) is 6.66. The van der Waals surface area contributed by atoms with Crippen LogP contribution in [0.25, 0.3) is 0 Å². The van der Waals surface area contributed by atoms with Gasteiger partial charge in [0.25, 0.3) is 10.0 Å². The summed E-state index contributed by atoms with van der Waals surface area (Å²) in [5, 5.41) is 21.2. The fraction of sp³-hybridized carbons (Fsp3) is 0.625. The van der Waals surface area contributed by atoms with Crippen LogP contribution >= 0.6 is 11.6 Å². The number of aliphatic hydroxyl groups excluding tert-OH is 2. The summed E-state index contributed by atoms with van der Waals surface area (Å²) < 4.78 is 26.4. The van der Waals surface area contributed by atoms with Crippen LogP contribution in [0.4, 0.5) is 0 Å². The van der Waals surface area contributed by atoms with Gasteiger partial charge in [-0.2, -0.15) is 9.40 Å². The van der Waals surface area contributed by atoms with E-state index in [2.05, 4.69) is 5.10 Å². The molecule has 1 aromatic heterocycles. The highest BCUT2D eigenvalue weighted by Gasteiger charge is 2.29. The summed E-state index contributed by atoms with van der Waals surface area (Å²) in [6, 6.07) is 0. The molecule has 98 valence electrons. The van der Waals surface area contributed by atoms with Crippen molar-refractivity contribution in [3.63, 3.8) is 0 Å². The van der Waals surface area contributed by atoms with Gasteiger partial charge in [0, 0.05) is 20.1 Å². The van der Waals surface area contributed by atoms with Gasteiger partial charge in [0.1, 0.15) is 0 Å². The zero-order valence-electron chi connectivity index (χ0n) is 9.24. The summed E-state index contributed by atoms with van der Waals surface area (Å²) in [4.78, 5) is 0. The average Bonchev–Trinajstić information content (AvgIpc) is 2.58. The van der Waals surface area contributed by atoms with E-state index in [-0.39, 0.29) is 36.4 Å². The third-order valence-electron chi connectivity index (χ3n) is 2.13. The minimum absolute atomic E-state index is 0.00776. The zero-order chi connectivity index (χ0) is 13.1. The number of aryl methyl sites for hydroxylation is 1. The Morgan fingerprint density at radius 3 is 2.29 bits per heavy atom. The second-order valence-electron chi connectivity index (χ2n) is 3.27. The van der Waals surface area contributed by atoms with Crippen LogP contribution in [0.2, 0.25) is 5.02 Å². The predicted octanol–water partition coefficient (Wildman–Crippen LogP) is -0.951. The molecule has 2 N–H and O–H groups in total. The number of halogens is 1. The highest BCUT2D eigenvalue weighted by Crippen LogP contribution is 2.23. The van der Waals surface area contributed by atoms with Crippen LogP contribution in [0.1, 0.15) is 0 Å². The molecule has 0 aliphatic rings. The maximum absolute atomic E-state index is 12.2. The molecule has 0 saturated carbocycles. The first-order chi connectivity index (χ1) is 7.95. The summed E-state index contributed by atoms with van der Waals surface area (Å²) in [6.07, 6.45) is 1.23. The summed E-state index contributed by atoms with van der Waals surface area (Å²) in [7, 11) is -2.41. The maximum Gasteiger partial charge on any atom is 0.261 e. The fourth-order valence-electron chi connectivity index (χ4n) is 1.39. The summed E-state index contributed by atoms with van der Waals surface area (Å²) in [5.74, 6) is 0. The molecule has 0 atom stereocenters. The Kier molecular flexibility index (Phi) is 4.90. The first kappa shape index (κ1) is 14.4. The van der Waals surface area contributed by atoms with Gasteiger partial charge in [0.15, 0.2) is 5.03 Å². The van der Waals surface area contributed by atoms with Crippen molar-refractivity contribution in [2.75, 3.05) is 26.3 Å². The van der Waals surface area contributed by atoms with Crippen LogP contribution in [0.3, 0.4) is 0 Å². The monoisotopic (exact) mass is 283 g/mol. The topological polar surface area (TPSA) is 95.7 Å².